The minimum atomic E-state index is -4.39. The second-order valence-corrected chi connectivity index (χ2v) is 20.2. The van der Waals surface area contributed by atoms with Crippen molar-refractivity contribution < 1.29 is 37.6 Å². The normalized spacial score (nSPS) is 13.7. The third kappa shape index (κ3) is 54.5. The van der Waals surface area contributed by atoms with Gasteiger partial charge in [-0.1, -0.05) is 234 Å². The van der Waals surface area contributed by atoms with Crippen LogP contribution in [0.1, 0.15) is 251 Å². The SMILES string of the molecule is CC/C=C\C/C=C\C/C=C\C/C=C\C/C=C\CCCCCCCCCCCCCCCCCC(=O)OC(COC(=O)CCCCCCCCC/C=C\C/C=C\CCCCCC)COP(=O)(O)OCCN. The molecule has 0 bridgehead atoms. The van der Waals surface area contributed by atoms with E-state index >= 15 is 0 Å². The zero-order valence-corrected chi connectivity index (χ0v) is 45.9. The van der Waals surface area contributed by atoms with Crippen LogP contribution in [0.4, 0.5) is 0 Å². The maximum Gasteiger partial charge on any atom is 0.472 e. The van der Waals surface area contributed by atoms with Gasteiger partial charge in [0.1, 0.15) is 6.61 Å². The molecule has 0 aliphatic carbocycles. The van der Waals surface area contributed by atoms with Crippen LogP contribution in [-0.2, 0) is 32.7 Å². The maximum absolute atomic E-state index is 12.7. The van der Waals surface area contributed by atoms with Crippen LogP contribution in [0.25, 0.3) is 0 Å². The molecule has 0 aromatic rings. The fraction of sp³-hybridized carbons (Fsp3) is 0.733. The van der Waals surface area contributed by atoms with Crippen LogP contribution in [0.15, 0.2) is 85.1 Å². The van der Waals surface area contributed by atoms with Gasteiger partial charge in [-0.3, -0.25) is 18.6 Å². The van der Waals surface area contributed by atoms with Crippen LogP contribution in [-0.4, -0.2) is 49.3 Å². The number of esters is 2. The first kappa shape index (κ1) is 67.2. The summed E-state index contributed by atoms with van der Waals surface area (Å²) in [6.07, 6.45) is 72.0. The summed E-state index contributed by atoms with van der Waals surface area (Å²) in [6.45, 7) is 3.62. The van der Waals surface area contributed by atoms with Crippen LogP contribution in [0, 0.1) is 0 Å². The summed E-state index contributed by atoms with van der Waals surface area (Å²) in [5.74, 6) is -0.834. The summed E-state index contributed by atoms with van der Waals surface area (Å²) in [4.78, 5) is 35.2. The van der Waals surface area contributed by atoms with E-state index in [1.165, 1.54) is 128 Å². The predicted octanol–water partition coefficient (Wildman–Crippen LogP) is 17.9. The summed E-state index contributed by atoms with van der Waals surface area (Å²) in [7, 11) is -4.39. The number of hydrogen-bond donors (Lipinski definition) is 2. The molecular formula is C60H106NO8P. The molecule has 404 valence electrons. The van der Waals surface area contributed by atoms with Crippen LogP contribution < -0.4 is 5.73 Å². The van der Waals surface area contributed by atoms with Crippen LogP contribution >= 0.6 is 7.82 Å². The highest BCUT2D eigenvalue weighted by molar-refractivity contribution is 7.47. The Balaban J connectivity index is 3.96. The van der Waals surface area contributed by atoms with Gasteiger partial charge in [0.15, 0.2) is 6.10 Å². The van der Waals surface area contributed by atoms with Gasteiger partial charge in [0.2, 0.25) is 0 Å². The molecule has 10 heteroatoms. The van der Waals surface area contributed by atoms with E-state index in [0.717, 1.165) is 89.9 Å². The number of allylic oxidation sites excluding steroid dienone is 14. The van der Waals surface area contributed by atoms with Crippen molar-refractivity contribution in [3.8, 4) is 0 Å². The van der Waals surface area contributed by atoms with Crippen LogP contribution in [0.5, 0.6) is 0 Å². The maximum atomic E-state index is 12.7. The number of nitrogens with two attached hydrogens (primary N) is 1. The first-order valence-electron chi connectivity index (χ1n) is 28.6. The van der Waals surface area contributed by atoms with Crippen molar-refractivity contribution in [1.82, 2.24) is 0 Å². The Kier molecular flexibility index (Phi) is 53.3. The van der Waals surface area contributed by atoms with Crippen molar-refractivity contribution in [2.24, 2.45) is 5.73 Å². The van der Waals surface area contributed by atoms with E-state index in [9.17, 15) is 19.0 Å². The van der Waals surface area contributed by atoms with Crippen molar-refractivity contribution in [2.75, 3.05) is 26.4 Å². The third-order valence-corrected chi connectivity index (χ3v) is 13.0. The monoisotopic (exact) mass is 1000 g/mol. The van der Waals surface area contributed by atoms with Crippen molar-refractivity contribution in [3.63, 3.8) is 0 Å². The second-order valence-electron chi connectivity index (χ2n) is 18.8. The third-order valence-electron chi connectivity index (χ3n) is 12.0. The fourth-order valence-electron chi connectivity index (χ4n) is 7.81. The van der Waals surface area contributed by atoms with E-state index in [-0.39, 0.29) is 38.6 Å². The molecule has 0 heterocycles. The van der Waals surface area contributed by atoms with Gasteiger partial charge in [-0.05, 0) is 89.9 Å². The minimum absolute atomic E-state index is 0.0497. The Morgan fingerprint density at radius 3 is 1.17 bits per heavy atom. The molecule has 9 nitrogen and oxygen atoms in total. The zero-order chi connectivity index (χ0) is 51.0. The molecule has 2 unspecified atom stereocenters. The number of ether oxygens (including phenoxy) is 2. The van der Waals surface area contributed by atoms with Crippen LogP contribution in [0.2, 0.25) is 0 Å². The number of carbonyl (C=O) groups excluding carboxylic acids is 2. The average molecular weight is 1000 g/mol. The molecule has 0 aromatic carbocycles. The van der Waals surface area contributed by atoms with E-state index in [0.29, 0.717) is 6.42 Å². The van der Waals surface area contributed by atoms with E-state index in [1.54, 1.807) is 0 Å². The average Bonchev–Trinajstić information content (AvgIpc) is 3.35. The van der Waals surface area contributed by atoms with E-state index in [2.05, 4.69) is 98.9 Å². The smallest absolute Gasteiger partial charge is 0.462 e. The quantitative estimate of drug-likeness (QED) is 0.0264. The largest absolute Gasteiger partial charge is 0.472 e. The van der Waals surface area contributed by atoms with Gasteiger partial charge in [-0.25, -0.2) is 4.57 Å². The summed E-state index contributed by atoms with van der Waals surface area (Å²) < 4.78 is 33.0. The highest BCUT2D eigenvalue weighted by atomic mass is 31.2. The fourth-order valence-corrected chi connectivity index (χ4v) is 8.58. The highest BCUT2D eigenvalue weighted by Gasteiger charge is 2.26. The number of carbonyl (C=O) groups is 2. The molecule has 2 atom stereocenters. The molecule has 0 aromatic heterocycles. The molecule has 0 rings (SSSR count). The van der Waals surface area contributed by atoms with Crippen molar-refractivity contribution >= 4 is 19.8 Å². The Labute approximate surface area is 430 Å². The first-order valence-corrected chi connectivity index (χ1v) is 30.1. The van der Waals surface area contributed by atoms with Crippen molar-refractivity contribution in [1.29, 1.82) is 0 Å². The molecule has 70 heavy (non-hydrogen) atoms. The summed E-state index contributed by atoms with van der Waals surface area (Å²) >= 11 is 0. The highest BCUT2D eigenvalue weighted by Crippen LogP contribution is 2.43. The minimum Gasteiger partial charge on any atom is -0.462 e. The van der Waals surface area contributed by atoms with Gasteiger partial charge in [-0.2, -0.15) is 0 Å². The van der Waals surface area contributed by atoms with Gasteiger partial charge >= 0.3 is 19.8 Å². The Hall–Kier alpha value is -2.81. The van der Waals surface area contributed by atoms with Gasteiger partial charge in [-0.15, -0.1) is 0 Å². The first-order chi connectivity index (χ1) is 34.3. The summed E-state index contributed by atoms with van der Waals surface area (Å²) in [6, 6.07) is 0. The molecule has 0 fully saturated rings. The van der Waals surface area contributed by atoms with Gasteiger partial charge < -0.3 is 20.1 Å². The molecular weight excluding hydrogens is 894 g/mol. The van der Waals surface area contributed by atoms with Crippen molar-refractivity contribution in [3.05, 3.63) is 85.1 Å². The van der Waals surface area contributed by atoms with Gasteiger partial charge in [0.05, 0.1) is 13.2 Å². The van der Waals surface area contributed by atoms with Crippen LogP contribution in [0.3, 0.4) is 0 Å². The lowest BCUT2D eigenvalue weighted by atomic mass is 10.0. The van der Waals surface area contributed by atoms with E-state index < -0.39 is 26.5 Å². The number of rotatable bonds is 53. The Bertz CT molecular complexity index is 1420. The molecule has 3 N–H and O–H groups in total. The number of hydrogen-bond acceptors (Lipinski definition) is 8. The summed E-state index contributed by atoms with van der Waals surface area (Å²) in [5, 5.41) is 0. The molecule has 0 aliphatic rings. The number of phosphoric ester groups is 1. The predicted molar refractivity (Wildman–Crippen MR) is 298 cm³/mol. The van der Waals surface area contributed by atoms with Gasteiger partial charge in [0, 0.05) is 19.4 Å². The second kappa shape index (κ2) is 55.5. The Morgan fingerprint density at radius 2 is 0.786 bits per heavy atom. The standard InChI is InChI=1S/C60H106NO8P/c1-3-5-7-9-11-13-15-17-19-21-23-24-25-26-27-28-29-30-31-32-33-34-35-37-39-41-43-45-47-49-51-53-60(63)69-58(57-68-70(64,65)67-55-54-61)56-66-59(62)52-50-48-46-44-42-40-38-36-22-20-18-16-14-12-10-8-6-4-2/h5,7,11,13-14,16-17,19-20,22-24,26-27,58H,3-4,6,8-10,12,15,18,21,25,28-57,61H2,1-2H3,(H,64,65)/b7-5-,13-11-,16-14-,19-17-,22-20-,24-23-,27-26-. The molecule has 0 amide bonds. The lowest BCUT2D eigenvalue weighted by Gasteiger charge is -2.19. The zero-order valence-electron chi connectivity index (χ0n) is 45.0. The molecule has 0 saturated carbocycles. The molecule has 0 saturated heterocycles. The van der Waals surface area contributed by atoms with Crippen molar-refractivity contribution in [2.45, 2.75) is 258 Å². The lowest BCUT2D eigenvalue weighted by Crippen LogP contribution is -2.29. The van der Waals surface area contributed by atoms with E-state index in [4.69, 9.17) is 24.3 Å². The number of unbranched alkanes of at least 4 members (excludes halogenated alkanes) is 26. The molecule has 0 spiro atoms. The topological polar surface area (TPSA) is 134 Å². The number of phosphoric acid groups is 1. The van der Waals surface area contributed by atoms with E-state index in [1.807, 2.05) is 0 Å². The van der Waals surface area contributed by atoms with Gasteiger partial charge in [0.25, 0.3) is 0 Å². The molecule has 0 aliphatic heterocycles. The summed E-state index contributed by atoms with van der Waals surface area (Å²) in [5.41, 5.74) is 5.38. The Morgan fingerprint density at radius 1 is 0.443 bits per heavy atom. The lowest BCUT2D eigenvalue weighted by molar-refractivity contribution is -0.161. The molecule has 0 radical (unpaired) electrons.